The Hall–Kier alpha value is -5.24. The first-order valence-corrected chi connectivity index (χ1v) is 15.2. The molecular weight excluding hydrogens is 572 g/mol. The van der Waals surface area contributed by atoms with Gasteiger partial charge in [-0.15, -0.1) is 0 Å². The normalized spacial score (nSPS) is 11.0. The summed E-state index contributed by atoms with van der Waals surface area (Å²) >= 11 is 0. The third kappa shape index (κ3) is 6.15. The lowest BCUT2D eigenvalue weighted by Crippen LogP contribution is -2.14. The molecule has 6 nitrogen and oxygen atoms in total. The number of hydrogen-bond acceptors (Lipinski definition) is 6. The van der Waals surface area contributed by atoms with E-state index in [4.69, 9.17) is 0 Å². The van der Waals surface area contributed by atoms with Crippen LogP contribution in [0.25, 0.3) is 11.1 Å². The highest BCUT2D eigenvalue weighted by Crippen LogP contribution is 2.41. The molecule has 0 aliphatic rings. The number of rotatable bonds is 11. The lowest BCUT2D eigenvalue weighted by molar-refractivity contribution is 0.281. The molecule has 0 spiro atoms. The van der Waals surface area contributed by atoms with Gasteiger partial charge in [-0.3, -0.25) is 0 Å². The van der Waals surface area contributed by atoms with Gasteiger partial charge < -0.3 is 30.2 Å². The van der Waals surface area contributed by atoms with Gasteiger partial charge in [-0.05, 0) is 59.7 Å². The minimum atomic E-state index is -0.110. The molecule has 230 valence electrons. The number of aliphatic hydroxyl groups is 4. The van der Waals surface area contributed by atoms with Crippen molar-refractivity contribution in [3.05, 3.63) is 168 Å². The summed E-state index contributed by atoms with van der Waals surface area (Å²) in [7, 11) is 0. The first-order chi connectivity index (χ1) is 22.7. The van der Waals surface area contributed by atoms with Crippen molar-refractivity contribution in [2.75, 3.05) is 9.80 Å². The van der Waals surface area contributed by atoms with Gasteiger partial charge in [0, 0.05) is 33.6 Å². The molecule has 0 atom stereocenters. The molecule has 6 rings (SSSR count). The Balaban J connectivity index is 1.38. The fourth-order valence-electron chi connectivity index (χ4n) is 5.87. The predicted molar refractivity (Wildman–Crippen MR) is 185 cm³/mol. The molecule has 0 heterocycles. The van der Waals surface area contributed by atoms with Crippen molar-refractivity contribution in [2.45, 2.75) is 26.4 Å². The van der Waals surface area contributed by atoms with Gasteiger partial charge in [0.2, 0.25) is 0 Å². The molecule has 46 heavy (non-hydrogen) atoms. The van der Waals surface area contributed by atoms with Gasteiger partial charge in [-0.25, -0.2) is 0 Å². The molecule has 0 aromatic heterocycles. The van der Waals surface area contributed by atoms with E-state index in [1.54, 1.807) is 0 Å². The molecule has 6 aromatic rings. The van der Waals surface area contributed by atoms with Gasteiger partial charge in [0.15, 0.2) is 0 Å². The third-order valence-electron chi connectivity index (χ3n) is 8.20. The van der Waals surface area contributed by atoms with Gasteiger partial charge in [-0.2, -0.15) is 0 Å². The lowest BCUT2D eigenvalue weighted by atomic mass is 10.0. The van der Waals surface area contributed by atoms with E-state index in [9.17, 15) is 20.4 Å². The van der Waals surface area contributed by atoms with Crippen molar-refractivity contribution in [1.82, 2.24) is 0 Å². The van der Waals surface area contributed by atoms with Crippen LogP contribution in [0.3, 0.4) is 0 Å². The van der Waals surface area contributed by atoms with Gasteiger partial charge in [-0.1, -0.05) is 97.1 Å². The minimum Gasteiger partial charge on any atom is -0.392 e. The van der Waals surface area contributed by atoms with Gasteiger partial charge in [0.1, 0.15) is 0 Å². The number of benzene rings is 6. The average Bonchev–Trinajstić information content (AvgIpc) is 3.13. The summed E-state index contributed by atoms with van der Waals surface area (Å²) in [5, 5.41) is 40.6. The van der Waals surface area contributed by atoms with Crippen LogP contribution in [0, 0.1) is 0 Å². The number of anilines is 6. The summed E-state index contributed by atoms with van der Waals surface area (Å²) in [6, 6.07) is 47.4. The van der Waals surface area contributed by atoms with E-state index in [-0.39, 0.29) is 26.4 Å². The zero-order valence-electron chi connectivity index (χ0n) is 25.4. The van der Waals surface area contributed by atoms with Crippen LogP contribution in [-0.4, -0.2) is 20.4 Å². The summed E-state index contributed by atoms with van der Waals surface area (Å²) in [5.74, 6) is 0. The predicted octanol–water partition coefficient (Wildman–Crippen LogP) is 8.26. The summed E-state index contributed by atoms with van der Waals surface area (Å²) in [4.78, 5) is 4.14. The average molecular weight is 609 g/mol. The van der Waals surface area contributed by atoms with Crippen LogP contribution in [0.1, 0.15) is 22.3 Å². The molecular formula is C40H36N2O4. The SMILES string of the molecule is OCc1ccccc1N(c1ccc(-c2ccc(N(c3ccccc3CO)c3ccccc3CO)cc2)cc1)c1ccccc1CO. The summed E-state index contributed by atoms with van der Waals surface area (Å²) in [6.07, 6.45) is 0. The van der Waals surface area contributed by atoms with Crippen LogP contribution in [0.4, 0.5) is 34.1 Å². The maximum atomic E-state index is 10.1. The molecule has 0 saturated heterocycles. The van der Waals surface area contributed by atoms with E-state index in [2.05, 4.69) is 34.1 Å². The van der Waals surface area contributed by atoms with E-state index in [1.165, 1.54) is 0 Å². The molecule has 0 radical (unpaired) electrons. The summed E-state index contributed by atoms with van der Waals surface area (Å²) in [5.41, 5.74) is 10.3. The third-order valence-corrected chi connectivity index (χ3v) is 8.20. The van der Waals surface area contributed by atoms with E-state index >= 15 is 0 Å². The molecule has 0 aliphatic heterocycles. The maximum Gasteiger partial charge on any atom is 0.0702 e. The van der Waals surface area contributed by atoms with Crippen LogP contribution >= 0.6 is 0 Å². The Labute approximate surface area is 269 Å². The largest absolute Gasteiger partial charge is 0.392 e. The quantitative estimate of drug-likeness (QED) is 0.118. The molecule has 0 saturated carbocycles. The van der Waals surface area contributed by atoms with Crippen LogP contribution in [0.15, 0.2) is 146 Å². The zero-order valence-corrected chi connectivity index (χ0v) is 25.4. The smallest absolute Gasteiger partial charge is 0.0702 e. The van der Waals surface area contributed by atoms with Crippen molar-refractivity contribution in [2.24, 2.45) is 0 Å². The summed E-state index contributed by atoms with van der Waals surface area (Å²) < 4.78 is 0. The van der Waals surface area contributed by atoms with Crippen molar-refractivity contribution in [1.29, 1.82) is 0 Å². The Morgan fingerprint density at radius 2 is 0.543 bits per heavy atom. The molecule has 0 aliphatic carbocycles. The van der Waals surface area contributed by atoms with Gasteiger partial charge in [0.05, 0.1) is 49.2 Å². The zero-order chi connectivity index (χ0) is 31.9. The topological polar surface area (TPSA) is 87.4 Å². The van der Waals surface area contributed by atoms with Crippen molar-refractivity contribution in [3.8, 4) is 11.1 Å². The molecule has 0 fully saturated rings. The highest BCUT2D eigenvalue weighted by Gasteiger charge is 2.20. The van der Waals surface area contributed by atoms with E-state index in [0.29, 0.717) is 0 Å². The minimum absolute atomic E-state index is 0.110. The van der Waals surface area contributed by atoms with Gasteiger partial charge in [0.25, 0.3) is 0 Å². The number of aliphatic hydroxyl groups excluding tert-OH is 4. The Morgan fingerprint density at radius 3 is 0.783 bits per heavy atom. The van der Waals surface area contributed by atoms with Crippen LogP contribution in [0.2, 0.25) is 0 Å². The van der Waals surface area contributed by atoms with Crippen molar-refractivity contribution in [3.63, 3.8) is 0 Å². The standard InChI is InChI=1S/C40H36N2O4/c43-25-31-9-1-5-13-37(31)41(38-14-6-2-10-32(38)26-44)35-21-17-29(18-22-35)30-19-23-36(24-20-30)42(39-15-7-3-11-33(39)27-45)40-16-8-4-12-34(40)28-46/h1-24,43-46H,25-28H2. The van der Waals surface area contributed by atoms with Crippen LogP contribution in [0.5, 0.6) is 0 Å². The van der Waals surface area contributed by atoms with E-state index < -0.39 is 0 Å². The monoisotopic (exact) mass is 608 g/mol. The molecule has 6 aromatic carbocycles. The molecule has 0 unspecified atom stereocenters. The number of hydrogen-bond donors (Lipinski definition) is 4. The first-order valence-electron chi connectivity index (χ1n) is 15.2. The number of para-hydroxylation sites is 4. The second-order valence-corrected chi connectivity index (χ2v) is 10.9. The molecule has 0 amide bonds. The Bertz CT molecular complexity index is 1670. The molecule has 6 heteroatoms. The first kappa shape index (κ1) is 30.8. The Morgan fingerprint density at radius 1 is 0.304 bits per heavy atom. The highest BCUT2D eigenvalue weighted by molar-refractivity contribution is 5.83. The fraction of sp³-hybridized carbons (Fsp3) is 0.100. The van der Waals surface area contributed by atoms with E-state index in [1.807, 2.05) is 121 Å². The Kier molecular flexibility index (Phi) is 9.53. The van der Waals surface area contributed by atoms with Crippen molar-refractivity contribution >= 4 is 34.1 Å². The van der Waals surface area contributed by atoms with E-state index in [0.717, 1.165) is 67.5 Å². The molecule has 4 N–H and O–H groups in total. The fourth-order valence-corrected chi connectivity index (χ4v) is 5.87. The number of nitrogens with zero attached hydrogens (tertiary/aromatic N) is 2. The van der Waals surface area contributed by atoms with Crippen molar-refractivity contribution < 1.29 is 20.4 Å². The maximum absolute atomic E-state index is 10.1. The van der Waals surface area contributed by atoms with Crippen LogP contribution in [-0.2, 0) is 26.4 Å². The summed E-state index contributed by atoms with van der Waals surface area (Å²) in [6.45, 7) is -0.441. The van der Waals surface area contributed by atoms with Crippen LogP contribution < -0.4 is 9.80 Å². The highest BCUT2D eigenvalue weighted by atomic mass is 16.3. The molecule has 0 bridgehead atoms. The second kappa shape index (κ2) is 14.2. The van der Waals surface area contributed by atoms with Gasteiger partial charge >= 0.3 is 0 Å². The lowest BCUT2D eigenvalue weighted by Gasteiger charge is -2.29. The second-order valence-electron chi connectivity index (χ2n) is 10.9.